The Balaban J connectivity index is 2.36. The Morgan fingerprint density at radius 3 is 2.68 bits per heavy atom. The number of rotatable bonds is 5. The van der Waals surface area contributed by atoms with Crippen LogP contribution in [-0.4, -0.2) is 12.6 Å². The highest BCUT2D eigenvalue weighted by Gasteiger charge is 2.25. The SMILES string of the molecule is CCOC(=O)C(Nc1cccc(F)c1)c1ccc(N)cc1F. The molecule has 1 unspecified atom stereocenters. The van der Waals surface area contributed by atoms with Crippen LogP contribution < -0.4 is 11.1 Å². The maximum Gasteiger partial charge on any atom is 0.333 e. The Hall–Kier alpha value is -2.63. The van der Waals surface area contributed by atoms with E-state index in [0.29, 0.717) is 5.69 Å². The molecule has 0 spiro atoms. The molecule has 2 aromatic carbocycles. The van der Waals surface area contributed by atoms with Crippen molar-refractivity contribution in [3.05, 3.63) is 59.7 Å². The van der Waals surface area contributed by atoms with E-state index in [1.54, 1.807) is 13.0 Å². The number of benzene rings is 2. The third-order valence-electron chi connectivity index (χ3n) is 2.99. The number of nitrogens with two attached hydrogens (primary N) is 1. The summed E-state index contributed by atoms with van der Waals surface area (Å²) in [6.45, 7) is 1.80. The third kappa shape index (κ3) is 3.72. The molecule has 0 bridgehead atoms. The quantitative estimate of drug-likeness (QED) is 0.657. The molecule has 0 fully saturated rings. The van der Waals surface area contributed by atoms with Crippen molar-refractivity contribution in [1.29, 1.82) is 0 Å². The molecule has 0 aliphatic rings. The maximum absolute atomic E-state index is 14.1. The lowest BCUT2D eigenvalue weighted by Gasteiger charge is -2.19. The van der Waals surface area contributed by atoms with Gasteiger partial charge in [0.05, 0.1) is 6.61 Å². The van der Waals surface area contributed by atoms with E-state index in [1.165, 1.54) is 30.3 Å². The molecule has 0 saturated heterocycles. The Morgan fingerprint density at radius 2 is 2.05 bits per heavy atom. The average Bonchev–Trinajstić information content (AvgIpc) is 2.46. The number of hydrogen-bond acceptors (Lipinski definition) is 4. The molecule has 2 aromatic rings. The lowest BCUT2D eigenvalue weighted by molar-refractivity contribution is -0.144. The predicted molar refractivity (Wildman–Crippen MR) is 80.2 cm³/mol. The molecule has 1 atom stereocenters. The van der Waals surface area contributed by atoms with Crippen molar-refractivity contribution in [2.24, 2.45) is 0 Å². The molecule has 4 nitrogen and oxygen atoms in total. The highest BCUT2D eigenvalue weighted by molar-refractivity contribution is 5.81. The zero-order valence-corrected chi connectivity index (χ0v) is 12.0. The first-order valence-corrected chi connectivity index (χ1v) is 6.75. The van der Waals surface area contributed by atoms with E-state index in [1.807, 2.05) is 0 Å². The molecule has 2 rings (SSSR count). The minimum absolute atomic E-state index is 0.0805. The van der Waals surface area contributed by atoms with Gasteiger partial charge in [-0.05, 0) is 37.3 Å². The summed E-state index contributed by atoms with van der Waals surface area (Å²) in [5.74, 6) is -1.76. The van der Waals surface area contributed by atoms with Crippen LogP contribution in [0, 0.1) is 11.6 Å². The first kappa shape index (κ1) is 15.8. The molecule has 6 heteroatoms. The second-order valence-electron chi connectivity index (χ2n) is 4.62. The Kier molecular flexibility index (Phi) is 4.93. The number of esters is 1. The van der Waals surface area contributed by atoms with Gasteiger partial charge in [0.25, 0.3) is 0 Å². The monoisotopic (exact) mass is 306 g/mol. The van der Waals surface area contributed by atoms with E-state index < -0.39 is 23.6 Å². The summed E-state index contributed by atoms with van der Waals surface area (Å²) >= 11 is 0. The van der Waals surface area contributed by atoms with Crippen LogP contribution in [0.4, 0.5) is 20.2 Å². The summed E-state index contributed by atoms with van der Waals surface area (Å²) in [6, 6.07) is 8.45. The van der Waals surface area contributed by atoms with Gasteiger partial charge in [-0.15, -0.1) is 0 Å². The van der Waals surface area contributed by atoms with Gasteiger partial charge in [-0.1, -0.05) is 12.1 Å². The molecule has 22 heavy (non-hydrogen) atoms. The molecule has 3 N–H and O–H groups in total. The van der Waals surface area contributed by atoms with Gasteiger partial charge in [0.15, 0.2) is 6.04 Å². The molecule has 0 heterocycles. The summed E-state index contributed by atoms with van der Waals surface area (Å²) in [5, 5.41) is 2.79. The van der Waals surface area contributed by atoms with Crippen molar-refractivity contribution in [2.45, 2.75) is 13.0 Å². The fourth-order valence-electron chi connectivity index (χ4n) is 2.01. The van der Waals surface area contributed by atoms with Gasteiger partial charge in [0.1, 0.15) is 11.6 Å². The molecule has 0 amide bonds. The van der Waals surface area contributed by atoms with E-state index in [-0.39, 0.29) is 17.9 Å². The molecule has 0 aliphatic heterocycles. The van der Waals surface area contributed by atoms with Crippen molar-refractivity contribution in [3.63, 3.8) is 0 Å². The van der Waals surface area contributed by atoms with E-state index in [4.69, 9.17) is 10.5 Å². The molecule has 116 valence electrons. The minimum atomic E-state index is -1.10. The second-order valence-corrected chi connectivity index (χ2v) is 4.62. The Morgan fingerprint density at radius 1 is 1.27 bits per heavy atom. The lowest BCUT2D eigenvalue weighted by atomic mass is 10.1. The molecular weight excluding hydrogens is 290 g/mol. The third-order valence-corrected chi connectivity index (χ3v) is 2.99. The first-order valence-electron chi connectivity index (χ1n) is 6.75. The van der Waals surface area contributed by atoms with Crippen molar-refractivity contribution in [1.82, 2.24) is 0 Å². The van der Waals surface area contributed by atoms with Crippen LogP contribution in [0.2, 0.25) is 0 Å². The summed E-state index contributed by atoms with van der Waals surface area (Å²) in [4.78, 5) is 12.1. The smallest absolute Gasteiger partial charge is 0.333 e. The fourth-order valence-corrected chi connectivity index (χ4v) is 2.01. The van der Waals surface area contributed by atoms with Crippen LogP contribution in [0.3, 0.4) is 0 Å². The maximum atomic E-state index is 14.1. The summed E-state index contributed by atoms with van der Waals surface area (Å²) in [5.41, 5.74) is 6.18. The highest BCUT2D eigenvalue weighted by Crippen LogP contribution is 2.25. The van der Waals surface area contributed by atoms with Crippen LogP contribution in [-0.2, 0) is 9.53 Å². The van der Waals surface area contributed by atoms with Gasteiger partial charge in [0.2, 0.25) is 0 Å². The van der Waals surface area contributed by atoms with Gasteiger partial charge < -0.3 is 15.8 Å². The van der Waals surface area contributed by atoms with Crippen molar-refractivity contribution in [2.75, 3.05) is 17.7 Å². The number of nitrogens with one attached hydrogen (secondary N) is 1. The van der Waals surface area contributed by atoms with Crippen LogP contribution in [0.25, 0.3) is 0 Å². The number of carbonyl (C=O) groups is 1. The van der Waals surface area contributed by atoms with Gasteiger partial charge in [-0.3, -0.25) is 0 Å². The van der Waals surface area contributed by atoms with E-state index in [2.05, 4.69) is 5.32 Å². The Bertz CT molecular complexity index is 677. The van der Waals surface area contributed by atoms with Crippen LogP contribution >= 0.6 is 0 Å². The van der Waals surface area contributed by atoms with Gasteiger partial charge in [-0.2, -0.15) is 0 Å². The normalized spacial score (nSPS) is 11.8. The van der Waals surface area contributed by atoms with E-state index in [9.17, 15) is 13.6 Å². The van der Waals surface area contributed by atoms with Crippen LogP contribution in [0.5, 0.6) is 0 Å². The number of carbonyl (C=O) groups excluding carboxylic acids is 1. The highest BCUT2D eigenvalue weighted by atomic mass is 19.1. The predicted octanol–water partition coefficient (Wildman–Crippen LogP) is 3.26. The lowest BCUT2D eigenvalue weighted by Crippen LogP contribution is -2.24. The van der Waals surface area contributed by atoms with Crippen LogP contribution in [0.1, 0.15) is 18.5 Å². The standard InChI is InChI=1S/C16H16F2N2O2/c1-2-22-16(21)15(13-7-6-11(19)9-14(13)18)20-12-5-3-4-10(17)8-12/h3-9,15,20H,2,19H2,1H3. The van der Waals surface area contributed by atoms with Crippen LogP contribution in [0.15, 0.2) is 42.5 Å². The number of halogens is 2. The zero-order valence-electron chi connectivity index (χ0n) is 12.0. The number of anilines is 2. The summed E-state index contributed by atoms with van der Waals surface area (Å²) < 4.78 is 32.3. The van der Waals surface area contributed by atoms with Crippen molar-refractivity contribution in [3.8, 4) is 0 Å². The molecule has 0 saturated carbocycles. The van der Waals surface area contributed by atoms with Crippen molar-refractivity contribution < 1.29 is 18.3 Å². The fraction of sp³-hybridized carbons (Fsp3) is 0.188. The van der Waals surface area contributed by atoms with Gasteiger partial charge >= 0.3 is 5.97 Å². The molecule has 0 aromatic heterocycles. The van der Waals surface area contributed by atoms with Gasteiger partial charge in [-0.25, -0.2) is 13.6 Å². The van der Waals surface area contributed by atoms with E-state index >= 15 is 0 Å². The zero-order chi connectivity index (χ0) is 16.1. The number of hydrogen-bond donors (Lipinski definition) is 2. The Labute approximate surface area is 126 Å². The topological polar surface area (TPSA) is 64.3 Å². The number of ether oxygens (including phenoxy) is 1. The first-order chi connectivity index (χ1) is 10.5. The molecular formula is C16H16F2N2O2. The molecule has 0 aliphatic carbocycles. The summed E-state index contributed by atoms with van der Waals surface area (Å²) in [6.07, 6.45) is 0. The van der Waals surface area contributed by atoms with Gasteiger partial charge in [0, 0.05) is 16.9 Å². The number of nitrogen functional groups attached to an aromatic ring is 1. The average molecular weight is 306 g/mol. The van der Waals surface area contributed by atoms with E-state index in [0.717, 1.165) is 6.07 Å². The largest absolute Gasteiger partial charge is 0.464 e. The van der Waals surface area contributed by atoms with Crippen molar-refractivity contribution >= 4 is 17.3 Å². The molecule has 0 radical (unpaired) electrons. The second kappa shape index (κ2) is 6.89. The minimum Gasteiger partial charge on any atom is -0.464 e. The summed E-state index contributed by atoms with van der Waals surface area (Å²) in [7, 11) is 0.